The summed E-state index contributed by atoms with van der Waals surface area (Å²) in [6.07, 6.45) is 4.04. The number of aliphatic hydroxyl groups is 1. The summed E-state index contributed by atoms with van der Waals surface area (Å²) in [5.41, 5.74) is 0.132. The second kappa shape index (κ2) is 8.39. The van der Waals surface area contributed by atoms with Gasteiger partial charge in [-0.1, -0.05) is 13.8 Å². The molecular formula is C25H38F2O4. The molecule has 0 aromatic heterocycles. The fourth-order valence-electron chi connectivity index (χ4n) is 8.53. The number of halogens is 2. The number of ether oxygens (including phenoxy) is 1. The molecule has 4 nitrogen and oxygen atoms in total. The number of Topliss-reactive ketones (excluding diaryl/α,β-unsaturated/α-hetero) is 1. The van der Waals surface area contributed by atoms with Crippen LogP contribution in [0.15, 0.2) is 0 Å². The fourth-order valence-corrected chi connectivity index (χ4v) is 8.53. The van der Waals surface area contributed by atoms with Gasteiger partial charge in [-0.3, -0.25) is 9.59 Å². The number of esters is 1. The van der Waals surface area contributed by atoms with Crippen molar-refractivity contribution in [3.63, 3.8) is 0 Å². The van der Waals surface area contributed by atoms with Gasteiger partial charge in [-0.15, -0.1) is 0 Å². The highest BCUT2D eigenvalue weighted by Gasteiger charge is 2.61. The third kappa shape index (κ3) is 3.95. The van der Waals surface area contributed by atoms with Gasteiger partial charge in [0.1, 0.15) is 18.0 Å². The number of ketones is 1. The Morgan fingerprint density at radius 2 is 1.68 bits per heavy atom. The van der Waals surface area contributed by atoms with Crippen LogP contribution in [0.25, 0.3) is 0 Å². The van der Waals surface area contributed by atoms with Gasteiger partial charge in [0.15, 0.2) is 0 Å². The normalized spacial score (nSPS) is 45.4. The summed E-state index contributed by atoms with van der Waals surface area (Å²) in [6.45, 7) is 6.15. The van der Waals surface area contributed by atoms with Crippen LogP contribution in [0.3, 0.4) is 0 Å². The Kier molecular flexibility index (Phi) is 6.26. The van der Waals surface area contributed by atoms with E-state index < -0.39 is 19.0 Å². The van der Waals surface area contributed by atoms with Gasteiger partial charge in [0.05, 0.1) is 0 Å². The number of rotatable bonds is 5. The maximum atomic E-state index is 12.9. The van der Waals surface area contributed by atoms with Gasteiger partial charge in [0, 0.05) is 19.3 Å². The minimum absolute atomic E-state index is 0.0516. The SMILES string of the molecule is CC(=O)O[C@@H]1CC[C@@]2(C)[C@H](CC[C@@H]3[C@@H]2CC[C@]2(C)[C@@H](C(=O)C[C@H](O)C(F)F)CC[C@@H]32)C1. The summed E-state index contributed by atoms with van der Waals surface area (Å²) in [7, 11) is 0. The van der Waals surface area contributed by atoms with Crippen molar-refractivity contribution in [1.29, 1.82) is 0 Å². The Labute approximate surface area is 184 Å². The lowest BCUT2D eigenvalue weighted by molar-refractivity contribution is -0.161. The molecule has 31 heavy (non-hydrogen) atoms. The summed E-state index contributed by atoms with van der Waals surface area (Å²) in [5, 5.41) is 9.56. The van der Waals surface area contributed by atoms with Gasteiger partial charge in [-0.05, 0) is 92.3 Å². The zero-order valence-electron chi connectivity index (χ0n) is 19.1. The first kappa shape index (κ1) is 23.1. The Morgan fingerprint density at radius 1 is 1.00 bits per heavy atom. The highest BCUT2D eigenvalue weighted by molar-refractivity contribution is 5.82. The number of carbonyl (C=O) groups excluding carboxylic acids is 2. The standard InChI is InChI=1S/C25H38F2O4/c1-14(28)31-16-8-10-24(2)15(12-16)4-5-17-18-6-7-20(21(29)13-22(30)23(26)27)25(18,3)11-9-19(17)24/h15-20,22-23,30H,4-13H2,1-3H3/t15-,16-,17+,18+,19+,20-,22+,24+,25+/m1/s1. The first-order valence-electron chi connectivity index (χ1n) is 12.2. The van der Waals surface area contributed by atoms with E-state index in [-0.39, 0.29) is 34.6 Å². The smallest absolute Gasteiger partial charge is 0.302 e. The summed E-state index contributed by atoms with van der Waals surface area (Å²) in [5.74, 6) is 1.71. The third-order valence-corrected chi connectivity index (χ3v) is 10.0. The van der Waals surface area contributed by atoms with E-state index in [4.69, 9.17) is 4.74 Å². The topological polar surface area (TPSA) is 63.6 Å². The fraction of sp³-hybridized carbons (Fsp3) is 0.920. The molecule has 0 radical (unpaired) electrons. The second-order valence-corrected chi connectivity index (χ2v) is 11.4. The molecule has 0 bridgehead atoms. The van der Waals surface area contributed by atoms with Crippen molar-refractivity contribution < 1.29 is 28.2 Å². The largest absolute Gasteiger partial charge is 0.463 e. The molecule has 0 aromatic rings. The molecule has 0 heterocycles. The first-order valence-corrected chi connectivity index (χ1v) is 12.2. The van der Waals surface area contributed by atoms with Crippen LogP contribution in [0.5, 0.6) is 0 Å². The molecule has 0 aromatic carbocycles. The molecule has 4 saturated carbocycles. The minimum atomic E-state index is -2.86. The number of carbonyl (C=O) groups is 2. The van der Waals surface area contributed by atoms with E-state index in [2.05, 4.69) is 13.8 Å². The Morgan fingerprint density at radius 3 is 2.35 bits per heavy atom. The maximum Gasteiger partial charge on any atom is 0.302 e. The van der Waals surface area contributed by atoms with E-state index in [0.29, 0.717) is 23.7 Å². The van der Waals surface area contributed by atoms with Crippen LogP contribution in [0.2, 0.25) is 0 Å². The van der Waals surface area contributed by atoms with Crippen LogP contribution in [-0.4, -0.2) is 35.5 Å². The Balaban J connectivity index is 1.47. The minimum Gasteiger partial charge on any atom is -0.463 e. The molecular weight excluding hydrogens is 402 g/mol. The number of alkyl halides is 2. The predicted molar refractivity (Wildman–Crippen MR) is 112 cm³/mol. The van der Waals surface area contributed by atoms with Gasteiger partial charge < -0.3 is 9.84 Å². The zero-order chi connectivity index (χ0) is 22.6. The molecule has 4 aliphatic rings. The van der Waals surface area contributed by atoms with Crippen molar-refractivity contribution >= 4 is 11.8 Å². The van der Waals surface area contributed by atoms with E-state index in [1.165, 1.54) is 6.92 Å². The van der Waals surface area contributed by atoms with Gasteiger partial charge in [0.25, 0.3) is 6.43 Å². The van der Waals surface area contributed by atoms with Crippen molar-refractivity contribution in [3.8, 4) is 0 Å². The molecule has 1 N–H and O–H groups in total. The highest BCUT2D eigenvalue weighted by Crippen LogP contribution is 2.67. The van der Waals surface area contributed by atoms with Crippen molar-refractivity contribution in [1.82, 2.24) is 0 Å². The third-order valence-electron chi connectivity index (χ3n) is 10.0. The lowest BCUT2D eigenvalue weighted by Crippen LogP contribution is -2.54. The van der Waals surface area contributed by atoms with Crippen molar-refractivity contribution in [3.05, 3.63) is 0 Å². The first-order chi connectivity index (χ1) is 14.6. The molecule has 176 valence electrons. The number of hydrogen-bond donors (Lipinski definition) is 1. The summed E-state index contributed by atoms with van der Waals surface area (Å²) >= 11 is 0. The van der Waals surface area contributed by atoms with Crippen LogP contribution >= 0.6 is 0 Å². The molecule has 0 unspecified atom stereocenters. The molecule has 0 amide bonds. The van der Waals surface area contributed by atoms with Gasteiger partial charge in [-0.25, -0.2) is 8.78 Å². The van der Waals surface area contributed by atoms with Crippen LogP contribution in [0.4, 0.5) is 8.78 Å². The molecule has 0 aliphatic heterocycles. The zero-order valence-corrected chi connectivity index (χ0v) is 19.1. The molecule has 0 saturated heterocycles. The summed E-state index contributed by atoms with van der Waals surface area (Å²) in [4.78, 5) is 24.3. The molecule has 4 fully saturated rings. The summed E-state index contributed by atoms with van der Waals surface area (Å²) < 4.78 is 31.1. The monoisotopic (exact) mass is 440 g/mol. The molecule has 9 atom stereocenters. The maximum absolute atomic E-state index is 12.9. The number of hydrogen-bond acceptors (Lipinski definition) is 4. The lowest BCUT2D eigenvalue weighted by Gasteiger charge is -2.61. The Bertz CT molecular complexity index is 712. The van der Waals surface area contributed by atoms with Gasteiger partial charge >= 0.3 is 5.97 Å². The van der Waals surface area contributed by atoms with Crippen LogP contribution in [-0.2, 0) is 14.3 Å². The second-order valence-electron chi connectivity index (χ2n) is 11.4. The van der Waals surface area contributed by atoms with E-state index in [0.717, 1.165) is 57.8 Å². The summed E-state index contributed by atoms with van der Waals surface area (Å²) in [6, 6.07) is 0. The lowest BCUT2D eigenvalue weighted by atomic mass is 9.44. The predicted octanol–water partition coefficient (Wildman–Crippen LogP) is 5.16. The molecule has 4 aliphatic carbocycles. The Hall–Kier alpha value is -1.04. The van der Waals surface area contributed by atoms with Crippen LogP contribution < -0.4 is 0 Å². The van der Waals surface area contributed by atoms with E-state index >= 15 is 0 Å². The van der Waals surface area contributed by atoms with Crippen LogP contribution in [0, 0.1) is 40.4 Å². The molecule has 6 heteroatoms. The number of aliphatic hydroxyl groups excluding tert-OH is 1. The quantitative estimate of drug-likeness (QED) is 0.600. The molecule has 0 spiro atoms. The van der Waals surface area contributed by atoms with Crippen molar-refractivity contribution in [2.45, 2.75) is 104 Å². The average molecular weight is 441 g/mol. The molecule has 4 rings (SSSR count). The van der Waals surface area contributed by atoms with Crippen molar-refractivity contribution in [2.75, 3.05) is 0 Å². The van der Waals surface area contributed by atoms with Gasteiger partial charge in [0.2, 0.25) is 0 Å². The van der Waals surface area contributed by atoms with Crippen molar-refractivity contribution in [2.24, 2.45) is 40.4 Å². The van der Waals surface area contributed by atoms with Gasteiger partial charge in [-0.2, -0.15) is 0 Å². The van der Waals surface area contributed by atoms with E-state index in [1.54, 1.807) is 0 Å². The highest BCUT2D eigenvalue weighted by atomic mass is 19.3. The van der Waals surface area contributed by atoms with E-state index in [1.807, 2.05) is 0 Å². The van der Waals surface area contributed by atoms with E-state index in [9.17, 15) is 23.5 Å². The van der Waals surface area contributed by atoms with Crippen LogP contribution in [0.1, 0.15) is 85.0 Å². The average Bonchev–Trinajstić information content (AvgIpc) is 3.05. The number of fused-ring (bicyclic) bond motifs is 5.